The first kappa shape index (κ1) is 15.9. The number of rotatable bonds is 8. The molecule has 19 heavy (non-hydrogen) atoms. The number of unbranched alkanes of at least 4 members (excludes halogenated alkanes) is 2. The van der Waals surface area contributed by atoms with Crippen LogP contribution < -0.4 is 0 Å². The van der Waals surface area contributed by atoms with E-state index in [2.05, 4.69) is 38.0 Å². The second-order valence-corrected chi connectivity index (χ2v) is 8.14. The van der Waals surface area contributed by atoms with E-state index in [0.717, 1.165) is 47.7 Å². The maximum absolute atomic E-state index is 9.79. The van der Waals surface area contributed by atoms with Gasteiger partial charge in [-0.15, -0.1) is 10.0 Å². The molecule has 1 aromatic rings. The van der Waals surface area contributed by atoms with Crippen molar-refractivity contribution in [2.45, 2.75) is 39.5 Å². The van der Waals surface area contributed by atoms with Crippen LogP contribution in [-0.4, -0.2) is 11.5 Å². The number of hydrogen-bond acceptors (Lipinski definition) is 1. The molecule has 0 aliphatic carbocycles. The van der Waals surface area contributed by atoms with Gasteiger partial charge in [0, 0.05) is 4.91 Å². The van der Waals surface area contributed by atoms with Crippen LogP contribution in [0.3, 0.4) is 0 Å². The lowest BCUT2D eigenvalue weighted by Crippen LogP contribution is -2.09. The molecule has 0 aliphatic rings. The van der Waals surface area contributed by atoms with E-state index in [0.29, 0.717) is 0 Å². The van der Waals surface area contributed by atoms with Gasteiger partial charge in [0.2, 0.25) is 0 Å². The quantitative estimate of drug-likeness (QED) is 0.571. The minimum absolute atomic E-state index is 1.01. The zero-order chi connectivity index (χ0) is 14.1. The van der Waals surface area contributed by atoms with Crippen LogP contribution >= 0.6 is 10.0 Å². The zero-order valence-electron chi connectivity index (χ0n) is 12.2. The van der Waals surface area contributed by atoms with E-state index in [-0.39, 0.29) is 0 Å². The fraction of sp³-hybridized carbons (Fsp3) is 0.471. The summed E-state index contributed by atoms with van der Waals surface area (Å²) in [5.74, 6) is 2.02. The van der Waals surface area contributed by atoms with Crippen LogP contribution in [0.2, 0.25) is 0 Å². The molecule has 0 fully saturated rings. The van der Waals surface area contributed by atoms with E-state index < -0.39 is 10.0 Å². The number of nitriles is 1. The molecular formula is C17H25NS. The Labute approximate surface area is 119 Å². The van der Waals surface area contributed by atoms with Gasteiger partial charge in [-0.25, -0.2) is 0 Å². The summed E-state index contributed by atoms with van der Waals surface area (Å²) in [7, 11) is -1.38. The highest BCUT2D eigenvalue weighted by Crippen LogP contribution is 2.59. The lowest BCUT2D eigenvalue weighted by atomic mass is 10.2. The molecule has 1 nitrogen and oxygen atoms in total. The van der Waals surface area contributed by atoms with Gasteiger partial charge in [0.15, 0.2) is 0 Å². The number of benzene rings is 1. The largest absolute Gasteiger partial charge is 0.186 e. The highest BCUT2D eigenvalue weighted by molar-refractivity contribution is 8.44. The Morgan fingerprint density at radius 1 is 1.11 bits per heavy atom. The number of hydrogen-bond donors (Lipinski definition) is 0. The van der Waals surface area contributed by atoms with Gasteiger partial charge in [-0.3, -0.25) is 0 Å². The topological polar surface area (TPSA) is 23.8 Å². The van der Waals surface area contributed by atoms with Crippen LogP contribution in [0.25, 0.3) is 4.91 Å². The van der Waals surface area contributed by atoms with Gasteiger partial charge < -0.3 is 0 Å². The van der Waals surface area contributed by atoms with Gasteiger partial charge in [-0.05, 0) is 29.9 Å². The molecule has 0 bridgehead atoms. The Balaban J connectivity index is 3.00. The van der Waals surface area contributed by atoms with Crippen molar-refractivity contribution in [3.8, 4) is 5.40 Å². The fourth-order valence-corrected chi connectivity index (χ4v) is 5.27. The van der Waals surface area contributed by atoms with Crippen LogP contribution in [-0.2, 0) is 0 Å². The third kappa shape index (κ3) is 4.14. The van der Waals surface area contributed by atoms with Gasteiger partial charge in [0.25, 0.3) is 0 Å². The average Bonchev–Trinajstić information content (AvgIpc) is 2.48. The highest BCUT2D eigenvalue weighted by Gasteiger charge is 2.27. The molecule has 104 valence electrons. The lowest BCUT2D eigenvalue weighted by Gasteiger charge is -2.35. The maximum atomic E-state index is 9.79. The van der Waals surface area contributed by atoms with Crippen molar-refractivity contribution in [3.05, 3.63) is 42.5 Å². The van der Waals surface area contributed by atoms with Gasteiger partial charge in [-0.1, -0.05) is 63.6 Å². The van der Waals surface area contributed by atoms with E-state index in [1.54, 1.807) is 0 Å². The predicted molar refractivity (Wildman–Crippen MR) is 88.2 cm³/mol. The molecule has 0 radical (unpaired) electrons. The minimum Gasteiger partial charge on any atom is -0.186 e. The van der Waals surface area contributed by atoms with Gasteiger partial charge in [0.1, 0.15) is 5.40 Å². The third-order valence-corrected chi connectivity index (χ3v) is 6.93. The predicted octanol–water partition coefficient (Wildman–Crippen LogP) is 5.54. The van der Waals surface area contributed by atoms with Gasteiger partial charge in [-0.2, -0.15) is 5.26 Å². The van der Waals surface area contributed by atoms with Crippen LogP contribution in [0.4, 0.5) is 0 Å². The molecule has 1 aromatic carbocycles. The van der Waals surface area contributed by atoms with Crippen molar-refractivity contribution in [1.82, 2.24) is 0 Å². The second-order valence-electron chi connectivity index (χ2n) is 4.88. The Hall–Kier alpha value is -1.20. The van der Waals surface area contributed by atoms with Crippen molar-refractivity contribution in [1.29, 1.82) is 5.26 Å². The Bertz CT molecular complexity index is 422. The summed E-state index contributed by atoms with van der Waals surface area (Å²) in [4.78, 5) is 1.08. The molecule has 0 N–H and O–H groups in total. The van der Waals surface area contributed by atoms with E-state index in [4.69, 9.17) is 0 Å². The monoisotopic (exact) mass is 275 g/mol. The molecule has 0 atom stereocenters. The summed E-state index contributed by atoms with van der Waals surface area (Å²) in [6.45, 7) is 8.66. The molecule has 0 aromatic heterocycles. The summed E-state index contributed by atoms with van der Waals surface area (Å²) in [6.07, 6.45) is 4.53. The first-order valence-corrected chi connectivity index (χ1v) is 9.11. The SMILES string of the molecule is C=C(c1ccccc1)S(C#N)(CCCC)CCCC. The lowest BCUT2D eigenvalue weighted by molar-refractivity contribution is 0.873. The second kappa shape index (κ2) is 8.07. The Kier molecular flexibility index (Phi) is 6.73. The maximum Gasteiger partial charge on any atom is 0.117 e. The summed E-state index contributed by atoms with van der Waals surface area (Å²) < 4.78 is 0. The van der Waals surface area contributed by atoms with Crippen molar-refractivity contribution in [2.24, 2.45) is 0 Å². The smallest absolute Gasteiger partial charge is 0.117 e. The molecule has 0 amide bonds. The Morgan fingerprint density at radius 2 is 1.63 bits per heavy atom. The zero-order valence-corrected chi connectivity index (χ0v) is 13.0. The normalized spacial score (nSPS) is 11.8. The molecular weight excluding hydrogens is 250 g/mol. The van der Waals surface area contributed by atoms with E-state index in [9.17, 15) is 5.26 Å². The molecule has 0 unspecified atom stereocenters. The molecule has 0 saturated carbocycles. The molecule has 0 heterocycles. The van der Waals surface area contributed by atoms with Crippen molar-refractivity contribution in [2.75, 3.05) is 11.5 Å². The average molecular weight is 275 g/mol. The van der Waals surface area contributed by atoms with Crippen LogP contribution in [0.1, 0.15) is 45.1 Å². The molecule has 0 aliphatic heterocycles. The van der Waals surface area contributed by atoms with Crippen molar-refractivity contribution >= 4 is 14.9 Å². The first-order chi connectivity index (χ1) is 9.20. The van der Waals surface area contributed by atoms with Crippen molar-refractivity contribution in [3.63, 3.8) is 0 Å². The van der Waals surface area contributed by atoms with Crippen LogP contribution in [0.15, 0.2) is 36.9 Å². The Morgan fingerprint density at radius 3 is 2.05 bits per heavy atom. The number of nitrogens with zero attached hydrogens (tertiary/aromatic N) is 1. The van der Waals surface area contributed by atoms with Crippen LogP contribution in [0, 0.1) is 10.7 Å². The summed E-state index contributed by atoms with van der Waals surface area (Å²) in [5.41, 5.74) is 1.14. The van der Waals surface area contributed by atoms with Gasteiger partial charge in [0.05, 0.1) is 0 Å². The number of thiocyanates is 1. The van der Waals surface area contributed by atoms with Crippen molar-refractivity contribution < 1.29 is 0 Å². The molecule has 2 heteroatoms. The molecule has 0 saturated heterocycles. The standard InChI is InChI=1S/C17H25NS/c1-4-6-13-19(15-18,14-7-5-2)16(3)17-11-9-8-10-12-17/h8-12H,3-7,13-14H2,1-2H3. The summed E-state index contributed by atoms with van der Waals surface area (Å²) >= 11 is 0. The first-order valence-electron chi connectivity index (χ1n) is 7.14. The van der Waals surface area contributed by atoms with Gasteiger partial charge >= 0.3 is 0 Å². The van der Waals surface area contributed by atoms with E-state index in [1.807, 2.05) is 18.2 Å². The highest BCUT2D eigenvalue weighted by atomic mass is 32.3. The minimum atomic E-state index is -1.38. The summed E-state index contributed by atoms with van der Waals surface area (Å²) in [6, 6.07) is 10.2. The summed E-state index contributed by atoms with van der Waals surface area (Å²) in [5, 5.41) is 12.5. The third-order valence-electron chi connectivity index (χ3n) is 3.43. The van der Waals surface area contributed by atoms with E-state index >= 15 is 0 Å². The van der Waals surface area contributed by atoms with Crippen LogP contribution in [0.5, 0.6) is 0 Å². The fourth-order valence-electron chi connectivity index (χ4n) is 2.13. The molecule has 1 rings (SSSR count). The molecule has 0 spiro atoms. The van der Waals surface area contributed by atoms with E-state index in [1.165, 1.54) is 0 Å².